The van der Waals surface area contributed by atoms with Crippen LogP contribution in [0.4, 0.5) is 26.3 Å². The number of nitrogens with one attached hydrogen (secondary N) is 2. The van der Waals surface area contributed by atoms with Gasteiger partial charge in [-0.3, -0.25) is 10.1 Å². The van der Waals surface area contributed by atoms with E-state index in [1.807, 2.05) is 11.4 Å². The second-order valence-corrected chi connectivity index (χ2v) is 8.59. The zero-order valence-corrected chi connectivity index (χ0v) is 16.8. The maximum atomic E-state index is 14.5. The molecule has 0 aliphatic heterocycles. The third-order valence-electron chi connectivity index (χ3n) is 5.64. The predicted octanol–water partition coefficient (Wildman–Crippen LogP) is 4.69. The Morgan fingerprint density at radius 2 is 1.90 bits per heavy atom. The highest BCUT2D eigenvalue weighted by Crippen LogP contribution is 2.42. The number of benzene rings is 1. The molecule has 0 saturated heterocycles. The summed E-state index contributed by atoms with van der Waals surface area (Å²) >= 11 is 0. The Hall–Kier alpha value is -2.28. The van der Waals surface area contributed by atoms with Crippen molar-refractivity contribution in [1.82, 2.24) is 10.6 Å². The number of hydrogen-bond donors (Lipinski definition) is 2. The topological polar surface area (TPSA) is 64.9 Å². The lowest BCUT2D eigenvalue weighted by Gasteiger charge is -2.30. The fourth-order valence-corrected chi connectivity index (χ4v) is 3.49. The fraction of sp³-hybridized carbons (Fsp3) is 0.619. The van der Waals surface area contributed by atoms with Gasteiger partial charge < -0.3 is 5.32 Å². The third-order valence-corrected chi connectivity index (χ3v) is 5.64. The first-order valence-electron chi connectivity index (χ1n) is 10.0. The van der Waals surface area contributed by atoms with Gasteiger partial charge in [-0.25, -0.2) is 13.2 Å². The Bertz CT molecular complexity index is 871. The van der Waals surface area contributed by atoms with Gasteiger partial charge in [0.05, 0.1) is 12.1 Å². The normalized spacial score (nSPS) is 19.9. The minimum atomic E-state index is -4.93. The first-order chi connectivity index (χ1) is 14.3. The number of alkyl halides is 5. The number of halogens is 6. The van der Waals surface area contributed by atoms with Gasteiger partial charge in [0.25, 0.3) is 0 Å². The summed E-state index contributed by atoms with van der Waals surface area (Å²) in [6.45, 7) is 1.28. The molecule has 170 valence electrons. The summed E-state index contributed by atoms with van der Waals surface area (Å²) < 4.78 is 84.0. The summed E-state index contributed by atoms with van der Waals surface area (Å²) in [7, 11) is 0. The van der Waals surface area contributed by atoms with Gasteiger partial charge in [-0.15, -0.1) is 0 Å². The summed E-state index contributed by atoms with van der Waals surface area (Å²) in [5, 5.41) is 13.5. The number of hydrogen-bond acceptors (Lipinski definition) is 3. The van der Waals surface area contributed by atoms with Crippen molar-refractivity contribution >= 4 is 5.91 Å². The summed E-state index contributed by atoms with van der Waals surface area (Å²) in [6.07, 6.45) is -4.71. The van der Waals surface area contributed by atoms with Crippen LogP contribution in [0.15, 0.2) is 18.2 Å². The second-order valence-electron chi connectivity index (χ2n) is 8.59. The Kier molecular flexibility index (Phi) is 6.29. The van der Waals surface area contributed by atoms with Gasteiger partial charge in [0.2, 0.25) is 11.8 Å². The molecule has 2 aliphatic carbocycles. The lowest BCUT2D eigenvalue weighted by Crippen LogP contribution is -2.53. The van der Waals surface area contributed by atoms with E-state index in [0.29, 0.717) is 25.7 Å². The number of nitriles is 1. The number of aryl methyl sites for hydroxylation is 1. The monoisotopic (exact) mass is 447 g/mol. The lowest BCUT2D eigenvalue weighted by atomic mass is 9.98. The Labute approximate surface area is 176 Å². The molecule has 4 nitrogen and oxygen atoms in total. The molecular formula is C21H23F6N3O. The quantitative estimate of drug-likeness (QED) is 0.540. The van der Waals surface area contributed by atoms with Gasteiger partial charge in [-0.2, -0.15) is 18.4 Å². The van der Waals surface area contributed by atoms with Crippen molar-refractivity contribution in [2.75, 3.05) is 0 Å². The zero-order valence-electron chi connectivity index (χ0n) is 16.8. The van der Waals surface area contributed by atoms with Gasteiger partial charge in [0.15, 0.2) is 0 Å². The summed E-state index contributed by atoms with van der Waals surface area (Å²) in [4.78, 5) is 12.7. The van der Waals surface area contributed by atoms with Crippen LogP contribution in [0.5, 0.6) is 0 Å². The fourth-order valence-electron chi connectivity index (χ4n) is 3.49. The van der Waals surface area contributed by atoms with Crippen molar-refractivity contribution in [2.45, 2.75) is 75.2 Å². The highest BCUT2D eigenvalue weighted by molar-refractivity contribution is 5.83. The largest absolute Gasteiger partial charge is 0.407 e. The van der Waals surface area contributed by atoms with Crippen LogP contribution in [-0.4, -0.2) is 29.6 Å². The van der Waals surface area contributed by atoms with E-state index < -0.39 is 59.9 Å². The van der Waals surface area contributed by atoms with Crippen LogP contribution < -0.4 is 10.6 Å². The molecule has 3 rings (SSSR count). The highest BCUT2D eigenvalue weighted by Gasteiger charge is 2.49. The van der Waals surface area contributed by atoms with Crippen LogP contribution in [0.2, 0.25) is 0 Å². The van der Waals surface area contributed by atoms with Crippen molar-refractivity contribution in [3.63, 3.8) is 0 Å². The predicted molar refractivity (Wildman–Crippen MR) is 99.5 cm³/mol. The maximum Gasteiger partial charge on any atom is 0.407 e. The maximum absolute atomic E-state index is 14.5. The lowest BCUT2D eigenvalue weighted by molar-refractivity contribution is -0.163. The van der Waals surface area contributed by atoms with Gasteiger partial charge in [-0.05, 0) is 55.7 Å². The van der Waals surface area contributed by atoms with E-state index in [-0.39, 0.29) is 11.5 Å². The number of nitrogens with zero attached hydrogens (tertiary/aromatic N) is 1. The van der Waals surface area contributed by atoms with E-state index in [4.69, 9.17) is 5.26 Å². The van der Waals surface area contributed by atoms with E-state index in [9.17, 15) is 31.1 Å². The molecule has 31 heavy (non-hydrogen) atoms. The van der Waals surface area contributed by atoms with E-state index in [1.165, 1.54) is 6.92 Å². The van der Waals surface area contributed by atoms with Crippen molar-refractivity contribution < 1.29 is 31.1 Å². The van der Waals surface area contributed by atoms with E-state index in [0.717, 1.165) is 18.2 Å². The average molecular weight is 447 g/mol. The van der Waals surface area contributed by atoms with Gasteiger partial charge in [-0.1, -0.05) is 12.1 Å². The summed E-state index contributed by atoms with van der Waals surface area (Å²) in [5.74, 6) is -5.35. The minimum Gasteiger partial charge on any atom is -0.336 e. The van der Waals surface area contributed by atoms with Crippen molar-refractivity contribution in [3.05, 3.63) is 35.1 Å². The first kappa shape index (κ1) is 23.4. The highest BCUT2D eigenvalue weighted by atomic mass is 19.4. The minimum absolute atomic E-state index is 0.0463. The van der Waals surface area contributed by atoms with Crippen LogP contribution in [0.25, 0.3) is 0 Å². The van der Waals surface area contributed by atoms with Gasteiger partial charge in [0, 0.05) is 12.8 Å². The second kappa shape index (κ2) is 8.34. The van der Waals surface area contributed by atoms with Crippen LogP contribution in [0, 0.1) is 30.0 Å². The molecule has 0 bridgehead atoms. The number of rotatable bonds is 9. The molecule has 10 heteroatoms. The SMILES string of the molecule is Cc1cc([C@H](N[C@@H](CC(F)(F)CC2CC2)C(=O)NC2(C#N)CC2)C(F)(F)F)ccc1F. The van der Waals surface area contributed by atoms with Gasteiger partial charge >= 0.3 is 6.18 Å². The molecule has 0 spiro atoms. The molecule has 0 aromatic heterocycles. The molecule has 2 aliphatic rings. The van der Waals surface area contributed by atoms with Crippen LogP contribution >= 0.6 is 0 Å². The number of carbonyl (C=O) groups is 1. The Morgan fingerprint density at radius 1 is 1.26 bits per heavy atom. The zero-order chi connectivity index (χ0) is 23.0. The molecule has 1 aromatic rings. The molecule has 0 unspecified atom stereocenters. The molecule has 2 N–H and O–H groups in total. The molecule has 2 fully saturated rings. The van der Waals surface area contributed by atoms with Crippen molar-refractivity contribution in [3.8, 4) is 6.07 Å². The summed E-state index contributed by atoms with van der Waals surface area (Å²) in [6, 6.07) is 0.238. The molecule has 0 radical (unpaired) electrons. The standard InChI is InChI=1S/C21H23F6N3O/c1-12-8-14(4-5-15(12)22)17(21(25,26)27)29-16(10-20(23,24)9-13-2-3-13)18(31)30-19(11-28)6-7-19/h4-5,8,13,16-17,29H,2-3,6-7,9-10H2,1H3,(H,30,31)/t16-,17-/m0/s1. The Balaban J connectivity index is 1.86. The average Bonchev–Trinajstić information content (AvgIpc) is 3.58. The van der Waals surface area contributed by atoms with E-state index in [2.05, 4.69) is 5.32 Å². The van der Waals surface area contributed by atoms with Crippen LogP contribution in [-0.2, 0) is 4.79 Å². The molecule has 1 aromatic carbocycles. The van der Waals surface area contributed by atoms with E-state index in [1.54, 1.807) is 0 Å². The summed E-state index contributed by atoms with van der Waals surface area (Å²) in [5.41, 5.74) is -1.66. The van der Waals surface area contributed by atoms with Crippen molar-refractivity contribution in [2.24, 2.45) is 5.92 Å². The molecule has 1 amide bonds. The number of carbonyl (C=O) groups excluding carboxylic acids is 1. The van der Waals surface area contributed by atoms with Crippen LogP contribution in [0.1, 0.15) is 55.7 Å². The smallest absolute Gasteiger partial charge is 0.336 e. The van der Waals surface area contributed by atoms with Gasteiger partial charge in [0.1, 0.15) is 17.4 Å². The third kappa shape index (κ3) is 6.12. The molecule has 0 heterocycles. The van der Waals surface area contributed by atoms with E-state index >= 15 is 0 Å². The first-order valence-corrected chi connectivity index (χ1v) is 10.0. The molecule has 2 atom stereocenters. The molecule has 2 saturated carbocycles. The van der Waals surface area contributed by atoms with Crippen LogP contribution in [0.3, 0.4) is 0 Å². The van der Waals surface area contributed by atoms with Crippen molar-refractivity contribution in [1.29, 1.82) is 5.26 Å². The Morgan fingerprint density at radius 3 is 2.39 bits per heavy atom. The number of amides is 1. The molecular weight excluding hydrogens is 424 g/mol.